The second-order valence-corrected chi connectivity index (χ2v) is 4.76. The number of nitrogens with two attached hydrogens (primary N) is 1. The number of alkyl halides is 3. The van der Waals surface area contributed by atoms with E-state index in [0.29, 0.717) is 5.69 Å². The number of carbonyl (C=O) groups excluding carboxylic acids is 1. The van der Waals surface area contributed by atoms with Gasteiger partial charge in [0.25, 0.3) is 0 Å². The molecule has 0 fully saturated rings. The van der Waals surface area contributed by atoms with E-state index in [9.17, 15) is 18.0 Å². The van der Waals surface area contributed by atoms with Crippen molar-refractivity contribution in [2.45, 2.75) is 12.6 Å². The molecule has 3 nitrogen and oxygen atoms in total. The predicted octanol–water partition coefficient (Wildman–Crippen LogP) is 3.00. The molecular weight excluding hydrogens is 281 g/mol. The van der Waals surface area contributed by atoms with E-state index in [0.717, 1.165) is 11.6 Å². The number of nitrogens with zero attached hydrogens (tertiary/aromatic N) is 1. The molecule has 2 N–H and O–H groups in total. The molecule has 0 spiro atoms. The molecular formula is C15H15F3N2O. The second kappa shape index (κ2) is 6.03. The molecule has 1 aliphatic rings. The van der Waals surface area contributed by atoms with Gasteiger partial charge in [0.1, 0.15) is 0 Å². The monoisotopic (exact) mass is 296 g/mol. The highest BCUT2D eigenvalue weighted by atomic mass is 19.4. The number of halogens is 3. The maximum atomic E-state index is 12.5. The van der Waals surface area contributed by atoms with Gasteiger partial charge >= 0.3 is 6.18 Å². The van der Waals surface area contributed by atoms with Crippen molar-refractivity contribution in [3.05, 3.63) is 47.6 Å². The number of rotatable bonds is 2. The van der Waals surface area contributed by atoms with Crippen LogP contribution in [0.2, 0.25) is 0 Å². The van der Waals surface area contributed by atoms with Crippen molar-refractivity contribution in [3.63, 3.8) is 0 Å². The Morgan fingerprint density at radius 3 is 2.67 bits per heavy atom. The summed E-state index contributed by atoms with van der Waals surface area (Å²) in [5, 5.41) is 0. The Morgan fingerprint density at radius 2 is 2.10 bits per heavy atom. The molecule has 0 saturated carbocycles. The largest absolute Gasteiger partial charge is 0.412 e. The summed E-state index contributed by atoms with van der Waals surface area (Å²) >= 11 is 0. The van der Waals surface area contributed by atoms with Crippen LogP contribution in [0.3, 0.4) is 0 Å². The highest BCUT2D eigenvalue weighted by Crippen LogP contribution is 2.30. The lowest BCUT2D eigenvalue weighted by atomic mass is 10.1. The molecule has 112 valence electrons. The van der Waals surface area contributed by atoms with Crippen molar-refractivity contribution in [3.8, 4) is 0 Å². The van der Waals surface area contributed by atoms with Crippen molar-refractivity contribution >= 4 is 17.7 Å². The van der Waals surface area contributed by atoms with Crippen LogP contribution in [0, 0.1) is 0 Å². The van der Waals surface area contributed by atoms with Crippen LogP contribution >= 0.6 is 0 Å². The third kappa shape index (κ3) is 4.11. The summed E-state index contributed by atoms with van der Waals surface area (Å²) in [7, 11) is 0. The zero-order valence-electron chi connectivity index (χ0n) is 11.2. The number of carbonyl (C=O) groups is 1. The van der Waals surface area contributed by atoms with Crippen LogP contribution < -0.4 is 5.73 Å². The van der Waals surface area contributed by atoms with Crippen molar-refractivity contribution < 1.29 is 18.0 Å². The molecule has 1 aromatic rings. The highest BCUT2D eigenvalue weighted by molar-refractivity contribution is 5.92. The highest BCUT2D eigenvalue weighted by Gasteiger charge is 2.35. The van der Waals surface area contributed by atoms with Crippen molar-refractivity contribution in [2.75, 3.05) is 18.8 Å². The van der Waals surface area contributed by atoms with Gasteiger partial charge in [0.2, 0.25) is 5.91 Å². The van der Waals surface area contributed by atoms with Crippen LogP contribution in [0.5, 0.6) is 0 Å². The third-order valence-corrected chi connectivity index (χ3v) is 3.21. The Morgan fingerprint density at radius 1 is 1.33 bits per heavy atom. The Labute approximate surface area is 120 Å². The zero-order valence-corrected chi connectivity index (χ0v) is 11.2. The zero-order chi connectivity index (χ0) is 15.5. The average molecular weight is 296 g/mol. The van der Waals surface area contributed by atoms with E-state index in [-0.39, 0.29) is 25.4 Å². The Hall–Kier alpha value is -2.24. The van der Waals surface area contributed by atoms with E-state index in [4.69, 9.17) is 5.73 Å². The van der Waals surface area contributed by atoms with Gasteiger partial charge in [-0.1, -0.05) is 18.2 Å². The van der Waals surface area contributed by atoms with Crippen LogP contribution in [0.25, 0.3) is 6.08 Å². The lowest BCUT2D eigenvalue weighted by molar-refractivity contribution is -0.127. The molecule has 2 rings (SSSR count). The molecule has 0 saturated heterocycles. The maximum absolute atomic E-state index is 12.5. The van der Waals surface area contributed by atoms with Crippen molar-refractivity contribution in [1.82, 2.24) is 4.90 Å². The molecule has 1 aliphatic heterocycles. The standard InChI is InChI=1S/C15H15F3N2O/c16-15(17,18)12-6-8-20(9-7-12)14(21)5-4-11-2-1-3-13(19)10-11/h1-6,10H,7-9,19H2/b5-4+. The summed E-state index contributed by atoms with van der Waals surface area (Å²) in [6, 6.07) is 6.99. The van der Waals surface area contributed by atoms with E-state index >= 15 is 0 Å². The number of amides is 1. The molecule has 0 atom stereocenters. The second-order valence-electron chi connectivity index (χ2n) is 4.76. The minimum atomic E-state index is -4.30. The molecule has 6 heteroatoms. The van der Waals surface area contributed by atoms with Gasteiger partial charge in [-0.15, -0.1) is 0 Å². The predicted molar refractivity (Wildman–Crippen MR) is 75.2 cm³/mol. The fraction of sp³-hybridized carbons (Fsp3) is 0.267. The summed E-state index contributed by atoms with van der Waals surface area (Å²) < 4.78 is 37.4. The Balaban J connectivity index is 1.98. The molecule has 1 aromatic carbocycles. The molecule has 0 aromatic heterocycles. The molecule has 0 unspecified atom stereocenters. The SMILES string of the molecule is Nc1cccc(/C=C/C(=O)N2CC=C(C(F)(F)F)CC2)c1. The fourth-order valence-electron chi connectivity index (χ4n) is 2.06. The first-order valence-corrected chi connectivity index (χ1v) is 6.45. The van der Waals surface area contributed by atoms with E-state index in [1.807, 2.05) is 0 Å². The summed E-state index contributed by atoms with van der Waals surface area (Å²) in [6.07, 6.45) is -0.452. The molecule has 1 amide bonds. The van der Waals surface area contributed by atoms with Gasteiger partial charge in [-0.3, -0.25) is 4.79 Å². The van der Waals surface area contributed by atoms with Crippen LogP contribution in [-0.2, 0) is 4.79 Å². The van der Waals surface area contributed by atoms with Crippen LogP contribution in [0.4, 0.5) is 18.9 Å². The van der Waals surface area contributed by atoms with Crippen molar-refractivity contribution in [2.24, 2.45) is 0 Å². The smallest absolute Gasteiger partial charge is 0.399 e. The lowest BCUT2D eigenvalue weighted by Crippen LogP contribution is -2.35. The van der Waals surface area contributed by atoms with E-state index < -0.39 is 11.7 Å². The number of nitrogen functional groups attached to an aromatic ring is 1. The first kappa shape index (κ1) is 15.2. The van der Waals surface area contributed by atoms with E-state index in [2.05, 4.69) is 0 Å². The van der Waals surface area contributed by atoms with Crippen molar-refractivity contribution in [1.29, 1.82) is 0 Å². The van der Waals surface area contributed by atoms with Crippen LogP contribution in [-0.4, -0.2) is 30.1 Å². The molecule has 0 aliphatic carbocycles. The first-order chi connectivity index (χ1) is 9.86. The minimum absolute atomic E-state index is 0.0189. The van der Waals surface area contributed by atoms with Crippen LogP contribution in [0.1, 0.15) is 12.0 Å². The van der Waals surface area contributed by atoms with Gasteiger partial charge in [-0.05, 0) is 30.2 Å². The van der Waals surface area contributed by atoms with Gasteiger partial charge in [0, 0.05) is 30.4 Å². The summed E-state index contributed by atoms with van der Waals surface area (Å²) in [5.74, 6) is -0.310. The maximum Gasteiger partial charge on any atom is 0.412 e. The topological polar surface area (TPSA) is 46.3 Å². The molecule has 21 heavy (non-hydrogen) atoms. The lowest BCUT2D eigenvalue weighted by Gasteiger charge is -2.26. The summed E-state index contributed by atoms with van der Waals surface area (Å²) in [4.78, 5) is 13.3. The van der Waals surface area contributed by atoms with Gasteiger partial charge in [0.05, 0.1) is 0 Å². The normalized spacial score (nSPS) is 16.1. The molecule has 1 heterocycles. The van der Waals surface area contributed by atoms with Gasteiger partial charge in [-0.2, -0.15) is 13.2 Å². The quantitative estimate of drug-likeness (QED) is 0.518. The number of benzene rings is 1. The van der Waals surface area contributed by atoms with E-state index in [1.165, 1.54) is 11.0 Å². The number of anilines is 1. The number of hydrogen-bond acceptors (Lipinski definition) is 2. The van der Waals surface area contributed by atoms with Gasteiger partial charge < -0.3 is 10.6 Å². The average Bonchev–Trinajstić information content (AvgIpc) is 2.44. The minimum Gasteiger partial charge on any atom is -0.399 e. The van der Waals surface area contributed by atoms with Gasteiger partial charge in [0.15, 0.2) is 0 Å². The Kier molecular flexibility index (Phi) is 4.35. The van der Waals surface area contributed by atoms with E-state index in [1.54, 1.807) is 30.3 Å². The number of hydrogen-bond donors (Lipinski definition) is 1. The van der Waals surface area contributed by atoms with Gasteiger partial charge in [-0.25, -0.2) is 0 Å². The van der Waals surface area contributed by atoms with Crippen LogP contribution in [0.15, 0.2) is 42.0 Å². The third-order valence-electron chi connectivity index (χ3n) is 3.21. The molecule has 0 bridgehead atoms. The summed E-state index contributed by atoms with van der Waals surface area (Å²) in [6.45, 7) is 0.0559. The fourth-order valence-corrected chi connectivity index (χ4v) is 2.06. The first-order valence-electron chi connectivity index (χ1n) is 6.45. The molecule has 0 radical (unpaired) electrons. The summed E-state index contributed by atoms with van der Waals surface area (Å²) in [5.41, 5.74) is 6.41. The Bertz CT molecular complexity index is 591.